The number of benzene rings is 1. The number of piperidine rings is 1. The first-order chi connectivity index (χ1) is 16.5. The molecule has 7 nitrogen and oxygen atoms in total. The van der Waals surface area contributed by atoms with Crippen LogP contribution in [-0.4, -0.2) is 50.1 Å². The zero-order valence-corrected chi connectivity index (χ0v) is 19.1. The summed E-state index contributed by atoms with van der Waals surface area (Å²) in [5.74, 6) is 0.633. The Labute approximate surface area is 201 Å². The number of hydrogen-bond donors (Lipinski definition) is 2. The number of nitrogens with zero attached hydrogens (tertiary/aromatic N) is 3. The molecule has 1 fully saturated rings. The number of aromatic nitrogens is 3. The van der Waals surface area contributed by atoms with E-state index in [1.165, 1.54) is 0 Å². The summed E-state index contributed by atoms with van der Waals surface area (Å²) >= 11 is 6.46. The van der Waals surface area contributed by atoms with Crippen LogP contribution in [0.15, 0.2) is 61.2 Å². The van der Waals surface area contributed by atoms with Gasteiger partial charge < -0.3 is 19.7 Å². The van der Waals surface area contributed by atoms with Gasteiger partial charge in [0.15, 0.2) is 6.10 Å². The van der Waals surface area contributed by atoms with Gasteiger partial charge in [-0.05, 0) is 48.7 Å². The Kier molecular flexibility index (Phi) is 5.04. The summed E-state index contributed by atoms with van der Waals surface area (Å²) in [4.78, 5) is 26.8. The van der Waals surface area contributed by atoms with Crippen molar-refractivity contribution in [3.8, 4) is 16.9 Å². The molecule has 2 aliphatic rings. The molecule has 0 radical (unpaired) electrons. The van der Waals surface area contributed by atoms with Gasteiger partial charge in [-0.3, -0.25) is 9.78 Å². The number of hydrogen-bond acceptors (Lipinski definition) is 5. The third-order valence-corrected chi connectivity index (χ3v) is 7.14. The fraction of sp³-hybridized carbons (Fsp3) is 0.269. The monoisotopic (exact) mass is 474 g/mol. The van der Waals surface area contributed by atoms with Crippen LogP contribution >= 0.6 is 11.6 Å². The standard InChI is InChI=1S/C26H23ClN4O3/c27-18-12-16-13-22(25(32)31-10-5-26(33,6-11-31)17-2-1-7-28-15-17)34-23(16)21(14-18)19-3-8-29-24-20(19)4-9-30-24/h1-4,7-9,12,14-15,22,33H,5-6,10-11,13H2,(H,29,30)/t22-/m1/s1. The Hall–Kier alpha value is -3.42. The van der Waals surface area contributed by atoms with Gasteiger partial charge in [-0.25, -0.2) is 4.98 Å². The first-order valence-corrected chi connectivity index (χ1v) is 11.7. The SMILES string of the molecule is O=C([C@H]1Cc2cc(Cl)cc(-c3ccnc4[nH]ccc34)c2O1)N1CCC(O)(c2cccnc2)CC1. The highest BCUT2D eigenvalue weighted by Gasteiger charge is 2.40. The fourth-order valence-corrected chi connectivity index (χ4v) is 5.33. The van der Waals surface area contributed by atoms with Crippen LogP contribution in [0.3, 0.4) is 0 Å². The maximum absolute atomic E-state index is 13.4. The number of fused-ring (bicyclic) bond motifs is 2. The minimum absolute atomic E-state index is 0.0620. The van der Waals surface area contributed by atoms with Gasteiger partial charge in [-0.2, -0.15) is 0 Å². The van der Waals surface area contributed by atoms with E-state index in [4.69, 9.17) is 16.3 Å². The summed E-state index contributed by atoms with van der Waals surface area (Å²) in [7, 11) is 0. The molecule has 6 rings (SSSR count). The molecule has 1 aromatic carbocycles. The molecule has 34 heavy (non-hydrogen) atoms. The van der Waals surface area contributed by atoms with E-state index in [2.05, 4.69) is 15.0 Å². The molecule has 0 spiro atoms. The van der Waals surface area contributed by atoms with Crippen molar-refractivity contribution < 1.29 is 14.6 Å². The van der Waals surface area contributed by atoms with Gasteiger partial charge in [0.2, 0.25) is 0 Å². The number of halogens is 1. The van der Waals surface area contributed by atoms with E-state index in [1.807, 2.05) is 42.6 Å². The van der Waals surface area contributed by atoms with Crippen LogP contribution in [0.25, 0.3) is 22.2 Å². The van der Waals surface area contributed by atoms with E-state index >= 15 is 0 Å². The summed E-state index contributed by atoms with van der Waals surface area (Å²) in [5, 5.41) is 12.7. The van der Waals surface area contributed by atoms with Crippen molar-refractivity contribution >= 4 is 28.5 Å². The summed E-state index contributed by atoms with van der Waals surface area (Å²) in [5.41, 5.74) is 3.34. The van der Waals surface area contributed by atoms with Gasteiger partial charge in [-0.1, -0.05) is 17.7 Å². The highest BCUT2D eigenvalue weighted by atomic mass is 35.5. The second kappa shape index (κ2) is 8.11. The largest absolute Gasteiger partial charge is 0.479 e. The zero-order chi connectivity index (χ0) is 23.3. The van der Waals surface area contributed by atoms with E-state index in [0.29, 0.717) is 43.1 Å². The van der Waals surface area contributed by atoms with Gasteiger partial charge in [0.1, 0.15) is 11.4 Å². The van der Waals surface area contributed by atoms with Crippen LogP contribution in [-0.2, 0) is 16.8 Å². The van der Waals surface area contributed by atoms with Crippen LogP contribution < -0.4 is 4.74 Å². The van der Waals surface area contributed by atoms with Crippen LogP contribution in [0.1, 0.15) is 24.0 Å². The molecule has 2 aliphatic heterocycles. The van der Waals surface area contributed by atoms with E-state index in [9.17, 15) is 9.90 Å². The maximum Gasteiger partial charge on any atom is 0.263 e. The summed E-state index contributed by atoms with van der Waals surface area (Å²) in [6.45, 7) is 0.921. The number of aromatic amines is 1. The van der Waals surface area contributed by atoms with Crippen molar-refractivity contribution in [1.29, 1.82) is 0 Å². The lowest BCUT2D eigenvalue weighted by atomic mass is 9.85. The first-order valence-electron chi connectivity index (χ1n) is 11.3. The third-order valence-electron chi connectivity index (χ3n) is 6.92. The number of aliphatic hydroxyl groups is 1. The fourth-order valence-electron chi connectivity index (χ4n) is 5.09. The van der Waals surface area contributed by atoms with E-state index in [1.54, 1.807) is 23.5 Å². The number of pyridine rings is 2. The van der Waals surface area contributed by atoms with Gasteiger partial charge in [0, 0.05) is 71.4 Å². The van der Waals surface area contributed by atoms with Crippen molar-refractivity contribution in [2.45, 2.75) is 31.0 Å². The molecule has 0 saturated carbocycles. The van der Waals surface area contributed by atoms with Crippen molar-refractivity contribution in [1.82, 2.24) is 19.9 Å². The molecule has 5 heterocycles. The Morgan fingerprint density at radius 1 is 1.18 bits per heavy atom. The Balaban J connectivity index is 1.23. The first kappa shape index (κ1) is 21.1. The molecular formula is C26H23ClN4O3. The van der Waals surface area contributed by atoms with Crippen LogP contribution in [0.4, 0.5) is 0 Å². The van der Waals surface area contributed by atoms with Gasteiger partial charge in [0.25, 0.3) is 5.91 Å². The van der Waals surface area contributed by atoms with Crippen LogP contribution in [0, 0.1) is 0 Å². The van der Waals surface area contributed by atoms with Crippen molar-refractivity contribution in [3.63, 3.8) is 0 Å². The number of H-pyrrole nitrogens is 1. The predicted molar refractivity (Wildman–Crippen MR) is 129 cm³/mol. The molecule has 172 valence electrons. The summed E-state index contributed by atoms with van der Waals surface area (Å²) in [6, 6.07) is 11.4. The summed E-state index contributed by atoms with van der Waals surface area (Å²) in [6.07, 6.45) is 7.76. The minimum Gasteiger partial charge on any atom is -0.479 e. The number of amides is 1. The molecular weight excluding hydrogens is 452 g/mol. The molecule has 0 bridgehead atoms. The van der Waals surface area contributed by atoms with Crippen molar-refractivity contribution in [3.05, 3.63) is 77.3 Å². The number of likely N-dealkylation sites (tertiary alicyclic amines) is 1. The molecule has 2 N–H and O–H groups in total. The summed E-state index contributed by atoms with van der Waals surface area (Å²) < 4.78 is 6.27. The highest BCUT2D eigenvalue weighted by molar-refractivity contribution is 6.31. The van der Waals surface area contributed by atoms with Gasteiger partial charge >= 0.3 is 0 Å². The second-order valence-corrected chi connectivity index (χ2v) is 9.39. The van der Waals surface area contributed by atoms with Crippen molar-refractivity contribution in [2.24, 2.45) is 0 Å². The van der Waals surface area contributed by atoms with Gasteiger partial charge in [0.05, 0.1) is 5.60 Å². The molecule has 3 aromatic heterocycles. The lowest BCUT2D eigenvalue weighted by Gasteiger charge is -2.39. The average Bonchev–Trinajstić information content (AvgIpc) is 3.51. The second-order valence-electron chi connectivity index (χ2n) is 8.95. The van der Waals surface area contributed by atoms with Gasteiger partial charge in [-0.15, -0.1) is 0 Å². The quantitative estimate of drug-likeness (QED) is 0.466. The molecule has 0 aliphatic carbocycles. The third kappa shape index (κ3) is 3.52. The molecule has 1 amide bonds. The zero-order valence-electron chi connectivity index (χ0n) is 18.4. The smallest absolute Gasteiger partial charge is 0.263 e. The molecule has 1 atom stereocenters. The highest BCUT2D eigenvalue weighted by Crippen LogP contribution is 2.43. The predicted octanol–water partition coefficient (Wildman–Crippen LogP) is 4.09. The van der Waals surface area contributed by atoms with E-state index < -0.39 is 11.7 Å². The molecule has 1 saturated heterocycles. The maximum atomic E-state index is 13.4. The molecule has 8 heteroatoms. The lowest BCUT2D eigenvalue weighted by Crippen LogP contribution is -2.49. The Bertz CT molecular complexity index is 1380. The number of ether oxygens (including phenoxy) is 1. The molecule has 0 unspecified atom stereocenters. The van der Waals surface area contributed by atoms with E-state index in [0.717, 1.165) is 33.3 Å². The Morgan fingerprint density at radius 2 is 2.03 bits per heavy atom. The number of rotatable bonds is 3. The molecule has 4 aromatic rings. The van der Waals surface area contributed by atoms with Crippen molar-refractivity contribution in [2.75, 3.05) is 13.1 Å². The minimum atomic E-state index is -0.964. The lowest BCUT2D eigenvalue weighted by molar-refractivity contribution is -0.142. The normalized spacial score (nSPS) is 19.1. The number of nitrogens with one attached hydrogen (secondary N) is 1. The topological polar surface area (TPSA) is 91.3 Å². The van der Waals surface area contributed by atoms with Crippen LogP contribution in [0.2, 0.25) is 5.02 Å². The average molecular weight is 475 g/mol. The number of carbonyl (C=O) groups excluding carboxylic acids is 1. The number of carbonyl (C=O) groups is 1. The van der Waals surface area contributed by atoms with Crippen LogP contribution in [0.5, 0.6) is 5.75 Å². The Morgan fingerprint density at radius 3 is 2.82 bits per heavy atom. The van der Waals surface area contributed by atoms with E-state index in [-0.39, 0.29) is 5.91 Å².